The minimum Gasteiger partial charge on any atom is -0.352 e. The minimum atomic E-state index is -0.577. The van der Waals surface area contributed by atoms with E-state index >= 15 is 0 Å². The maximum Gasteiger partial charge on any atom is 0.312 e. The Balaban J connectivity index is 2.00. The van der Waals surface area contributed by atoms with Gasteiger partial charge in [-0.05, 0) is 35.4 Å². The molecule has 0 heterocycles. The SMILES string of the molecule is CN(Cc1cccc(Cl)c1)C(=O)c1ccc(CNC(N)=O)cc1. The number of carbonyl (C=O) groups is 2. The molecular weight excluding hydrogens is 314 g/mol. The predicted octanol–water partition coefficient (Wildman–Crippen LogP) is 2.78. The highest BCUT2D eigenvalue weighted by Crippen LogP contribution is 2.14. The van der Waals surface area contributed by atoms with Crippen LogP contribution in [-0.4, -0.2) is 23.9 Å². The zero-order valence-corrected chi connectivity index (χ0v) is 13.5. The van der Waals surface area contributed by atoms with Crippen LogP contribution in [0.4, 0.5) is 4.79 Å². The van der Waals surface area contributed by atoms with Crippen LogP contribution in [0.2, 0.25) is 5.02 Å². The van der Waals surface area contributed by atoms with E-state index in [1.54, 1.807) is 42.3 Å². The van der Waals surface area contributed by atoms with Crippen molar-refractivity contribution < 1.29 is 9.59 Å². The molecule has 0 aromatic heterocycles. The molecule has 5 nitrogen and oxygen atoms in total. The third kappa shape index (κ3) is 5.00. The number of nitrogens with two attached hydrogens (primary N) is 1. The van der Waals surface area contributed by atoms with Gasteiger partial charge in [0.15, 0.2) is 0 Å². The third-order valence-corrected chi connectivity index (χ3v) is 3.56. The number of hydrogen-bond acceptors (Lipinski definition) is 2. The van der Waals surface area contributed by atoms with Gasteiger partial charge in [-0.2, -0.15) is 0 Å². The molecule has 23 heavy (non-hydrogen) atoms. The van der Waals surface area contributed by atoms with Crippen LogP contribution in [0.3, 0.4) is 0 Å². The summed E-state index contributed by atoms with van der Waals surface area (Å²) in [7, 11) is 1.74. The van der Waals surface area contributed by atoms with Gasteiger partial charge in [-0.15, -0.1) is 0 Å². The van der Waals surface area contributed by atoms with Gasteiger partial charge in [-0.1, -0.05) is 35.9 Å². The number of amides is 3. The van der Waals surface area contributed by atoms with Crippen molar-refractivity contribution >= 4 is 23.5 Å². The van der Waals surface area contributed by atoms with Gasteiger partial charge in [0.25, 0.3) is 5.91 Å². The van der Waals surface area contributed by atoms with E-state index in [4.69, 9.17) is 17.3 Å². The standard InChI is InChI=1S/C17H18ClN3O2/c1-21(11-13-3-2-4-15(18)9-13)16(22)14-7-5-12(6-8-14)10-20-17(19)23/h2-9H,10-11H2,1H3,(H3,19,20,23). The number of carbonyl (C=O) groups excluding carboxylic acids is 2. The Hall–Kier alpha value is -2.53. The summed E-state index contributed by atoms with van der Waals surface area (Å²) >= 11 is 5.95. The molecule has 0 saturated carbocycles. The monoisotopic (exact) mass is 331 g/mol. The zero-order chi connectivity index (χ0) is 16.8. The Morgan fingerprint density at radius 3 is 2.43 bits per heavy atom. The van der Waals surface area contributed by atoms with E-state index in [-0.39, 0.29) is 5.91 Å². The van der Waals surface area contributed by atoms with Crippen molar-refractivity contribution in [1.29, 1.82) is 0 Å². The van der Waals surface area contributed by atoms with Crippen LogP contribution >= 0.6 is 11.6 Å². The Kier molecular flexibility index (Phi) is 5.60. The van der Waals surface area contributed by atoms with Gasteiger partial charge >= 0.3 is 6.03 Å². The normalized spacial score (nSPS) is 10.2. The lowest BCUT2D eigenvalue weighted by Gasteiger charge is -2.17. The number of nitrogens with zero attached hydrogens (tertiary/aromatic N) is 1. The maximum absolute atomic E-state index is 12.4. The summed E-state index contributed by atoms with van der Waals surface area (Å²) < 4.78 is 0. The fraction of sp³-hybridized carbons (Fsp3) is 0.176. The highest BCUT2D eigenvalue weighted by Gasteiger charge is 2.12. The third-order valence-electron chi connectivity index (χ3n) is 3.32. The predicted molar refractivity (Wildman–Crippen MR) is 90.1 cm³/mol. The molecule has 2 aromatic rings. The van der Waals surface area contributed by atoms with Gasteiger partial charge in [0.1, 0.15) is 0 Å². The number of urea groups is 1. The average molecular weight is 332 g/mol. The molecule has 0 atom stereocenters. The largest absolute Gasteiger partial charge is 0.352 e. The molecule has 0 unspecified atom stereocenters. The second kappa shape index (κ2) is 7.65. The summed E-state index contributed by atoms with van der Waals surface area (Å²) in [6.45, 7) is 0.812. The fourth-order valence-corrected chi connectivity index (χ4v) is 2.37. The Bertz CT molecular complexity index is 701. The van der Waals surface area contributed by atoms with E-state index in [1.165, 1.54) is 0 Å². The van der Waals surface area contributed by atoms with Crippen LogP contribution < -0.4 is 11.1 Å². The topological polar surface area (TPSA) is 75.4 Å². The molecule has 0 spiro atoms. The van der Waals surface area contributed by atoms with Crippen LogP contribution in [0.1, 0.15) is 21.5 Å². The lowest BCUT2D eigenvalue weighted by atomic mass is 10.1. The summed E-state index contributed by atoms with van der Waals surface area (Å²) in [5.41, 5.74) is 7.44. The van der Waals surface area contributed by atoms with Gasteiger partial charge in [-0.25, -0.2) is 4.79 Å². The van der Waals surface area contributed by atoms with E-state index in [0.717, 1.165) is 11.1 Å². The number of benzene rings is 2. The van der Waals surface area contributed by atoms with Crippen LogP contribution in [0.15, 0.2) is 48.5 Å². The number of nitrogens with one attached hydrogen (secondary N) is 1. The second-order valence-electron chi connectivity index (χ2n) is 5.21. The van der Waals surface area contributed by atoms with Gasteiger partial charge in [0.2, 0.25) is 0 Å². The molecule has 6 heteroatoms. The summed E-state index contributed by atoms with van der Waals surface area (Å²) in [5, 5.41) is 3.15. The number of hydrogen-bond donors (Lipinski definition) is 2. The Labute approximate surface area is 140 Å². The molecule has 0 aliphatic carbocycles. The molecule has 120 valence electrons. The molecule has 0 saturated heterocycles. The zero-order valence-electron chi connectivity index (χ0n) is 12.8. The van der Waals surface area contributed by atoms with Gasteiger partial charge < -0.3 is 16.0 Å². The van der Waals surface area contributed by atoms with Crippen LogP contribution in [0.5, 0.6) is 0 Å². The molecule has 0 aliphatic rings. The highest BCUT2D eigenvalue weighted by molar-refractivity contribution is 6.30. The van der Waals surface area contributed by atoms with E-state index in [0.29, 0.717) is 23.7 Å². The molecule has 2 rings (SSSR count). The lowest BCUT2D eigenvalue weighted by molar-refractivity contribution is 0.0785. The van der Waals surface area contributed by atoms with Crippen molar-refractivity contribution in [3.8, 4) is 0 Å². The number of primary amides is 1. The fourth-order valence-electron chi connectivity index (χ4n) is 2.16. The summed E-state index contributed by atoms with van der Waals surface area (Å²) in [4.78, 5) is 24.7. The first-order chi connectivity index (χ1) is 11.0. The smallest absolute Gasteiger partial charge is 0.312 e. The molecule has 3 N–H and O–H groups in total. The van der Waals surface area contributed by atoms with Crippen LogP contribution in [0, 0.1) is 0 Å². The lowest BCUT2D eigenvalue weighted by Crippen LogP contribution is -2.28. The molecule has 0 aliphatic heterocycles. The highest BCUT2D eigenvalue weighted by atomic mass is 35.5. The quantitative estimate of drug-likeness (QED) is 0.884. The summed E-state index contributed by atoms with van der Waals surface area (Å²) in [6.07, 6.45) is 0. The first kappa shape index (κ1) is 16.8. The Morgan fingerprint density at radius 1 is 1.13 bits per heavy atom. The first-order valence-electron chi connectivity index (χ1n) is 7.08. The molecule has 0 radical (unpaired) electrons. The van der Waals surface area contributed by atoms with Gasteiger partial charge in [-0.3, -0.25) is 4.79 Å². The average Bonchev–Trinajstić information content (AvgIpc) is 2.52. The number of rotatable bonds is 5. The van der Waals surface area contributed by atoms with E-state index in [9.17, 15) is 9.59 Å². The van der Waals surface area contributed by atoms with Crippen molar-refractivity contribution in [1.82, 2.24) is 10.2 Å². The van der Waals surface area contributed by atoms with E-state index in [2.05, 4.69) is 5.32 Å². The van der Waals surface area contributed by atoms with Gasteiger partial charge in [0.05, 0.1) is 0 Å². The van der Waals surface area contributed by atoms with E-state index < -0.39 is 6.03 Å². The molecular formula is C17H18ClN3O2. The minimum absolute atomic E-state index is 0.0839. The van der Waals surface area contributed by atoms with Crippen LogP contribution in [-0.2, 0) is 13.1 Å². The molecule has 2 aromatic carbocycles. The molecule has 0 bridgehead atoms. The summed E-state index contributed by atoms with van der Waals surface area (Å²) in [6, 6.07) is 13.9. The molecule has 0 fully saturated rings. The summed E-state index contributed by atoms with van der Waals surface area (Å²) in [5.74, 6) is -0.0839. The maximum atomic E-state index is 12.4. The van der Waals surface area contributed by atoms with Crippen molar-refractivity contribution in [2.75, 3.05) is 7.05 Å². The first-order valence-corrected chi connectivity index (χ1v) is 7.45. The Morgan fingerprint density at radius 2 is 1.83 bits per heavy atom. The van der Waals surface area contributed by atoms with E-state index in [1.807, 2.05) is 18.2 Å². The van der Waals surface area contributed by atoms with Crippen LogP contribution in [0.25, 0.3) is 0 Å². The van der Waals surface area contributed by atoms with Crippen molar-refractivity contribution in [3.05, 3.63) is 70.2 Å². The van der Waals surface area contributed by atoms with Crippen molar-refractivity contribution in [3.63, 3.8) is 0 Å². The van der Waals surface area contributed by atoms with Crippen molar-refractivity contribution in [2.45, 2.75) is 13.1 Å². The van der Waals surface area contributed by atoms with Gasteiger partial charge in [0, 0.05) is 30.7 Å². The number of halogens is 1. The van der Waals surface area contributed by atoms with Crippen molar-refractivity contribution in [2.24, 2.45) is 5.73 Å². The molecule has 3 amide bonds. The second-order valence-corrected chi connectivity index (χ2v) is 5.64.